The van der Waals surface area contributed by atoms with Crippen LogP contribution in [0.5, 0.6) is 0 Å². The Hall–Kier alpha value is -1.49. The maximum absolute atomic E-state index is 12.8. The van der Waals surface area contributed by atoms with Crippen LogP contribution in [-0.4, -0.2) is 17.4 Å². The minimum atomic E-state index is -0.340. The van der Waals surface area contributed by atoms with E-state index in [9.17, 15) is 9.18 Å². The van der Waals surface area contributed by atoms with E-state index in [0.29, 0.717) is 35.5 Å². The van der Waals surface area contributed by atoms with Crippen LogP contribution in [0.4, 0.5) is 4.39 Å². The number of amides is 1. The Kier molecular flexibility index (Phi) is 5.03. The second-order valence-corrected chi connectivity index (χ2v) is 4.31. The summed E-state index contributed by atoms with van der Waals surface area (Å²) in [7, 11) is 0. The van der Waals surface area contributed by atoms with Gasteiger partial charge < -0.3 is 11.1 Å². The molecule has 3 N–H and O–H groups in total. The molecule has 0 bridgehead atoms. The average molecular weight is 254 g/mol. The van der Waals surface area contributed by atoms with Gasteiger partial charge in [0.2, 0.25) is 0 Å². The molecule has 0 saturated heterocycles. The summed E-state index contributed by atoms with van der Waals surface area (Å²) in [4.78, 5) is 12.2. The first-order valence-corrected chi connectivity index (χ1v) is 5.74. The molecule has 0 aliphatic rings. The molecule has 1 aromatic carbocycles. The molecule has 0 unspecified atom stereocenters. The van der Waals surface area contributed by atoms with Crippen molar-refractivity contribution in [3.8, 4) is 0 Å². The predicted molar refractivity (Wildman–Crippen MR) is 69.5 cm³/mol. The molecule has 0 radical (unpaired) electrons. The van der Waals surface area contributed by atoms with E-state index in [2.05, 4.69) is 5.32 Å². The van der Waals surface area contributed by atoms with Crippen LogP contribution in [0.3, 0.4) is 0 Å². The highest BCUT2D eigenvalue weighted by Crippen LogP contribution is 2.09. The lowest BCUT2D eigenvalue weighted by molar-refractivity contribution is 0.0952. The van der Waals surface area contributed by atoms with Crippen LogP contribution in [0.15, 0.2) is 18.2 Å². The normalized spacial score (nSPS) is 10.0. The zero-order chi connectivity index (χ0) is 12.8. The third-order valence-electron chi connectivity index (χ3n) is 2.32. The van der Waals surface area contributed by atoms with E-state index in [1.165, 1.54) is 18.2 Å². The van der Waals surface area contributed by atoms with Crippen LogP contribution in [0.1, 0.15) is 28.8 Å². The van der Waals surface area contributed by atoms with Crippen molar-refractivity contribution >= 4 is 23.1 Å². The molecular weight excluding hydrogens is 239 g/mol. The summed E-state index contributed by atoms with van der Waals surface area (Å²) in [6.07, 6.45) is 1.32. The van der Waals surface area contributed by atoms with Gasteiger partial charge in [-0.15, -0.1) is 0 Å². The van der Waals surface area contributed by atoms with E-state index in [-0.39, 0.29) is 11.7 Å². The number of nitrogens with two attached hydrogens (primary N) is 1. The van der Waals surface area contributed by atoms with Crippen LogP contribution >= 0.6 is 12.2 Å². The van der Waals surface area contributed by atoms with Crippen LogP contribution in [0, 0.1) is 12.7 Å². The molecule has 0 aliphatic heterocycles. The summed E-state index contributed by atoms with van der Waals surface area (Å²) in [5, 5.41) is 2.74. The Morgan fingerprint density at radius 2 is 2.24 bits per heavy atom. The molecule has 1 amide bonds. The number of nitrogens with one attached hydrogen (secondary N) is 1. The number of aryl methyl sites for hydroxylation is 1. The van der Waals surface area contributed by atoms with E-state index in [0.717, 1.165) is 0 Å². The third kappa shape index (κ3) is 4.48. The number of carbonyl (C=O) groups is 1. The van der Waals surface area contributed by atoms with Gasteiger partial charge in [0.1, 0.15) is 5.82 Å². The molecule has 0 aromatic heterocycles. The van der Waals surface area contributed by atoms with Crippen molar-refractivity contribution in [3.05, 3.63) is 35.1 Å². The highest BCUT2D eigenvalue weighted by molar-refractivity contribution is 7.80. The predicted octanol–water partition coefficient (Wildman–Crippen LogP) is 1.93. The van der Waals surface area contributed by atoms with Gasteiger partial charge in [0, 0.05) is 12.1 Å². The molecule has 0 saturated carbocycles. The first-order chi connectivity index (χ1) is 8.00. The van der Waals surface area contributed by atoms with E-state index in [1.807, 2.05) is 0 Å². The smallest absolute Gasteiger partial charge is 0.251 e. The van der Waals surface area contributed by atoms with Crippen molar-refractivity contribution in [3.63, 3.8) is 0 Å². The molecule has 0 heterocycles. The lowest BCUT2D eigenvalue weighted by Crippen LogP contribution is -2.26. The number of hydrogen-bond donors (Lipinski definition) is 2. The van der Waals surface area contributed by atoms with Crippen molar-refractivity contribution < 1.29 is 9.18 Å². The quantitative estimate of drug-likeness (QED) is 0.623. The van der Waals surface area contributed by atoms with Gasteiger partial charge >= 0.3 is 0 Å². The van der Waals surface area contributed by atoms with Crippen LogP contribution in [0.2, 0.25) is 0 Å². The Bertz CT molecular complexity index is 435. The fraction of sp³-hybridized carbons (Fsp3) is 0.333. The zero-order valence-electron chi connectivity index (χ0n) is 9.63. The number of hydrogen-bond acceptors (Lipinski definition) is 2. The maximum Gasteiger partial charge on any atom is 0.251 e. The monoisotopic (exact) mass is 254 g/mol. The highest BCUT2D eigenvalue weighted by atomic mass is 32.1. The Balaban J connectivity index is 2.50. The second-order valence-electron chi connectivity index (χ2n) is 3.79. The summed E-state index contributed by atoms with van der Waals surface area (Å²) in [6.45, 7) is 2.21. The molecule has 17 heavy (non-hydrogen) atoms. The number of rotatable bonds is 5. The first kappa shape index (κ1) is 13.6. The van der Waals surface area contributed by atoms with E-state index >= 15 is 0 Å². The molecule has 0 aliphatic carbocycles. The van der Waals surface area contributed by atoms with Gasteiger partial charge in [-0.3, -0.25) is 4.79 Å². The molecule has 1 aromatic rings. The lowest BCUT2D eigenvalue weighted by atomic mass is 10.1. The summed E-state index contributed by atoms with van der Waals surface area (Å²) < 4.78 is 12.8. The van der Waals surface area contributed by atoms with Crippen LogP contribution < -0.4 is 11.1 Å². The van der Waals surface area contributed by atoms with Gasteiger partial charge in [0.15, 0.2) is 0 Å². The summed E-state index contributed by atoms with van der Waals surface area (Å²) in [5.74, 6) is -0.544. The molecule has 5 heteroatoms. The topological polar surface area (TPSA) is 55.1 Å². The molecule has 92 valence electrons. The summed E-state index contributed by atoms with van der Waals surface area (Å²) in [5.41, 5.74) is 6.45. The van der Waals surface area contributed by atoms with E-state index < -0.39 is 0 Å². The third-order valence-corrected chi connectivity index (χ3v) is 2.52. The number of thiocarbonyl (C=S) groups is 1. The average Bonchev–Trinajstić information content (AvgIpc) is 2.23. The number of carbonyl (C=O) groups excluding carboxylic acids is 1. The fourth-order valence-electron chi connectivity index (χ4n) is 1.44. The van der Waals surface area contributed by atoms with E-state index in [1.54, 1.807) is 6.92 Å². The van der Waals surface area contributed by atoms with Gasteiger partial charge in [-0.1, -0.05) is 12.2 Å². The van der Waals surface area contributed by atoms with Crippen molar-refractivity contribution in [2.75, 3.05) is 6.54 Å². The van der Waals surface area contributed by atoms with Gasteiger partial charge in [0.05, 0.1) is 4.99 Å². The highest BCUT2D eigenvalue weighted by Gasteiger charge is 2.08. The SMILES string of the molecule is Cc1cc(F)ccc1C(=O)NCCCC(N)=S. The lowest BCUT2D eigenvalue weighted by Gasteiger charge is -2.07. The van der Waals surface area contributed by atoms with Crippen LogP contribution in [-0.2, 0) is 0 Å². The first-order valence-electron chi connectivity index (χ1n) is 5.33. The van der Waals surface area contributed by atoms with Gasteiger partial charge in [-0.05, 0) is 43.5 Å². The van der Waals surface area contributed by atoms with Gasteiger partial charge in [-0.2, -0.15) is 0 Å². The Morgan fingerprint density at radius 3 is 2.82 bits per heavy atom. The van der Waals surface area contributed by atoms with Crippen molar-refractivity contribution in [1.29, 1.82) is 0 Å². The zero-order valence-corrected chi connectivity index (χ0v) is 10.4. The molecule has 0 atom stereocenters. The fourth-order valence-corrected chi connectivity index (χ4v) is 1.59. The van der Waals surface area contributed by atoms with Crippen LogP contribution in [0.25, 0.3) is 0 Å². The number of halogens is 1. The molecular formula is C12H15FN2OS. The standard InChI is InChI=1S/C12H15FN2OS/c1-8-7-9(13)4-5-10(8)12(16)15-6-2-3-11(14)17/h4-5,7H,2-3,6H2,1H3,(H2,14,17)(H,15,16). The molecule has 0 spiro atoms. The Morgan fingerprint density at radius 1 is 1.53 bits per heavy atom. The minimum absolute atomic E-state index is 0.203. The number of benzene rings is 1. The minimum Gasteiger partial charge on any atom is -0.393 e. The largest absolute Gasteiger partial charge is 0.393 e. The maximum atomic E-state index is 12.8. The molecule has 3 nitrogen and oxygen atoms in total. The van der Waals surface area contributed by atoms with Crippen molar-refractivity contribution in [2.24, 2.45) is 5.73 Å². The summed E-state index contributed by atoms with van der Waals surface area (Å²) >= 11 is 4.73. The molecule has 1 rings (SSSR count). The second kappa shape index (κ2) is 6.30. The molecule has 0 fully saturated rings. The van der Waals surface area contributed by atoms with Crippen molar-refractivity contribution in [1.82, 2.24) is 5.32 Å². The summed E-state index contributed by atoms with van der Waals surface area (Å²) in [6, 6.07) is 4.09. The van der Waals surface area contributed by atoms with E-state index in [4.69, 9.17) is 18.0 Å². The van der Waals surface area contributed by atoms with Gasteiger partial charge in [0.25, 0.3) is 5.91 Å². The van der Waals surface area contributed by atoms with Gasteiger partial charge in [-0.25, -0.2) is 4.39 Å². The Labute approximate surface area is 105 Å². The van der Waals surface area contributed by atoms with Crippen molar-refractivity contribution in [2.45, 2.75) is 19.8 Å².